The van der Waals surface area contributed by atoms with E-state index in [-0.39, 0.29) is 6.10 Å². The zero-order valence-electron chi connectivity index (χ0n) is 8.95. The van der Waals surface area contributed by atoms with Crippen molar-refractivity contribution in [2.45, 2.75) is 33.0 Å². The van der Waals surface area contributed by atoms with Crippen LogP contribution in [-0.4, -0.2) is 19.2 Å². The summed E-state index contributed by atoms with van der Waals surface area (Å²) in [6.07, 6.45) is 2.97. The molecule has 0 fully saturated rings. The molecular weight excluding hydrogens is 178 g/mol. The summed E-state index contributed by atoms with van der Waals surface area (Å²) in [5.74, 6) is 0.889. The minimum atomic E-state index is 0.278. The first-order chi connectivity index (χ1) is 6.86. The van der Waals surface area contributed by atoms with Gasteiger partial charge >= 0.3 is 0 Å². The molecule has 0 saturated carbocycles. The standard InChI is InChI=1S/C11H19NO2/c1-3-10(8-12-4-2)14-9-11-6-5-7-13-11/h5-7,10,12H,3-4,8-9H2,1-2H3. The largest absolute Gasteiger partial charge is 0.467 e. The zero-order chi connectivity index (χ0) is 10.2. The first-order valence-corrected chi connectivity index (χ1v) is 5.21. The highest BCUT2D eigenvalue weighted by atomic mass is 16.5. The molecule has 0 radical (unpaired) electrons. The van der Waals surface area contributed by atoms with Crippen molar-refractivity contribution < 1.29 is 9.15 Å². The molecule has 1 rings (SSSR count). The van der Waals surface area contributed by atoms with Crippen LogP contribution in [0.25, 0.3) is 0 Å². The molecule has 0 aliphatic rings. The Kier molecular flexibility index (Phi) is 5.33. The molecule has 3 nitrogen and oxygen atoms in total. The second kappa shape index (κ2) is 6.62. The number of rotatable bonds is 7. The Hall–Kier alpha value is -0.800. The molecule has 0 aliphatic carbocycles. The number of likely N-dealkylation sites (N-methyl/N-ethyl adjacent to an activating group) is 1. The van der Waals surface area contributed by atoms with Crippen molar-refractivity contribution in [3.63, 3.8) is 0 Å². The molecule has 0 aliphatic heterocycles. The molecule has 3 heteroatoms. The van der Waals surface area contributed by atoms with Gasteiger partial charge in [-0.2, -0.15) is 0 Å². The lowest BCUT2D eigenvalue weighted by Gasteiger charge is -2.15. The molecule has 1 aromatic heterocycles. The first-order valence-electron chi connectivity index (χ1n) is 5.21. The van der Waals surface area contributed by atoms with Crippen LogP contribution in [0.2, 0.25) is 0 Å². The van der Waals surface area contributed by atoms with Crippen molar-refractivity contribution in [1.29, 1.82) is 0 Å². The number of ether oxygens (including phenoxy) is 1. The van der Waals surface area contributed by atoms with Crippen molar-refractivity contribution in [2.24, 2.45) is 0 Å². The highest BCUT2D eigenvalue weighted by Crippen LogP contribution is 2.05. The number of hydrogen-bond acceptors (Lipinski definition) is 3. The van der Waals surface area contributed by atoms with Gasteiger partial charge in [-0.1, -0.05) is 13.8 Å². The summed E-state index contributed by atoms with van der Waals surface area (Å²) in [6.45, 7) is 6.69. The third-order valence-corrected chi connectivity index (χ3v) is 2.12. The maximum atomic E-state index is 5.68. The molecule has 1 N–H and O–H groups in total. The Morgan fingerprint density at radius 1 is 1.50 bits per heavy atom. The second-order valence-corrected chi connectivity index (χ2v) is 3.23. The van der Waals surface area contributed by atoms with Crippen LogP contribution in [0, 0.1) is 0 Å². The third kappa shape index (κ3) is 3.94. The van der Waals surface area contributed by atoms with Gasteiger partial charge in [-0.25, -0.2) is 0 Å². The van der Waals surface area contributed by atoms with Gasteiger partial charge in [-0.3, -0.25) is 0 Å². The van der Waals surface area contributed by atoms with Gasteiger partial charge in [0.25, 0.3) is 0 Å². The monoisotopic (exact) mass is 197 g/mol. The summed E-state index contributed by atoms with van der Waals surface area (Å²) in [7, 11) is 0. The Morgan fingerprint density at radius 2 is 2.36 bits per heavy atom. The Balaban J connectivity index is 2.20. The van der Waals surface area contributed by atoms with Crippen molar-refractivity contribution in [3.8, 4) is 0 Å². The van der Waals surface area contributed by atoms with E-state index >= 15 is 0 Å². The van der Waals surface area contributed by atoms with Crippen molar-refractivity contribution in [1.82, 2.24) is 5.32 Å². The first kappa shape index (κ1) is 11.3. The predicted octanol–water partition coefficient (Wildman–Crippen LogP) is 2.18. The maximum absolute atomic E-state index is 5.68. The average Bonchev–Trinajstić information content (AvgIpc) is 2.71. The Bertz CT molecular complexity index is 221. The maximum Gasteiger partial charge on any atom is 0.129 e. The molecule has 14 heavy (non-hydrogen) atoms. The van der Waals surface area contributed by atoms with Gasteiger partial charge in [0, 0.05) is 6.54 Å². The lowest BCUT2D eigenvalue weighted by Crippen LogP contribution is -2.28. The molecule has 0 amide bonds. The fourth-order valence-electron chi connectivity index (χ4n) is 1.22. The summed E-state index contributed by atoms with van der Waals surface area (Å²) in [4.78, 5) is 0. The van der Waals surface area contributed by atoms with Crippen molar-refractivity contribution in [3.05, 3.63) is 24.2 Å². The summed E-state index contributed by atoms with van der Waals surface area (Å²) in [5.41, 5.74) is 0. The molecule has 0 spiro atoms. The van der Waals surface area contributed by atoms with Gasteiger partial charge in [0.15, 0.2) is 0 Å². The number of hydrogen-bond donors (Lipinski definition) is 1. The van der Waals surface area contributed by atoms with Gasteiger partial charge in [-0.15, -0.1) is 0 Å². The minimum Gasteiger partial charge on any atom is -0.467 e. The zero-order valence-corrected chi connectivity index (χ0v) is 8.95. The summed E-state index contributed by atoms with van der Waals surface area (Å²) in [6, 6.07) is 3.81. The van der Waals surface area contributed by atoms with E-state index < -0.39 is 0 Å². The van der Waals surface area contributed by atoms with E-state index in [2.05, 4.69) is 19.2 Å². The quantitative estimate of drug-likeness (QED) is 0.727. The number of nitrogens with one attached hydrogen (secondary N) is 1. The molecular formula is C11H19NO2. The highest BCUT2D eigenvalue weighted by molar-refractivity contribution is 4.96. The predicted molar refractivity (Wildman–Crippen MR) is 56.1 cm³/mol. The normalized spacial score (nSPS) is 13.0. The Labute approximate surface area is 85.4 Å². The van der Waals surface area contributed by atoms with E-state index in [1.807, 2.05) is 12.1 Å². The van der Waals surface area contributed by atoms with Crippen LogP contribution < -0.4 is 5.32 Å². The van der Waals surface area contributed by atoms with Crippen LogP contribution in [0.15, 0.2) is 22.8 Å². The van der Waals surface area contributed by atoms with E-state index in [4.69, 9.17) is 9.15 Å². The fourth-order valence-corrected chi connectivity index (χ4v) is 1.22. The van der Waals surface area contributed by atoms with Crippen LogP contribution in [0.5, 0.6) is 0 Å². The van der Waals surface area contributed by atoms with Gasteiger partial charge < -0.3 is 14.5 Å². The van der Waals surface area contributed by atoms with E-state index in [0.717, 1.165) is 25.3 Å². The summed E-state index contributed by atoms with van der Waals surface area (Å²) < 4.78 is 10.9. The van der Waals surface area contributed by atoms with E-state index in [0.29, 0.717) is 6.61 Å². The molecule has 1 aromatic rings. The van der Waals surface area contributed by atoms with Gasteiger partial charge in [0.1, 0.15) is 12.4 Å². The van der Waals surface area contributed by atoms with Gasteiger partial charge in [0.05, 0.1) is 12.4 Å². The third-order valence-electron chi connectivity index (χ3n) is 2.12. The lowest BCUT2D eigenvalue weighted by molar-refractivity contribution is 0.0294. The van der Waals surface area contributed by atoms with Crippen LogP contribution in [-0.2, 0) is 11.3 Å². The summed E-state index contributed by atoms with van der Waals surface area (Å²) >= 11 is 0. The lowest BCUT2D eigenvalue weighted by atomic mass is 10.3. The molecule has 0 bridgehead atoms. The average molecular weight is 197 g/mol. The van der Waals surface area contributed by atoms with E-state index in [1.54, 1.807) is 6.26 Å². The topological polar surface area (TPSA) is 34.4 Å². The molecule has 0 aromatic carbocycles. The molecule has 1 unspecified atom stereocenters. The van der Waals surface area contributed by atoms with Crippen LogP contribution >= 0.6 is 0 Å². The minimum absolute atomic E-state index is 0.278. The van der Waals surface area contributed by atoms with Crippen LogP contribution in [0.3, 0.4) is 0 Å². The smallest absolute Gasteiger partial charge is 0.129 e. The fraction of sp³-hybridized carbons (Fsp3) is 0.636. The van der Waals surface area contributed by atoms with Gasteiger partial charge in [-0.05, 0) is 25.1 Å². The van der Waals surface area contributed by atoms with Crippen LogP contribution in [0.4, 0.5) is 0 Å². The second-order valence-electron chi connectivity index (χ2n) is 3.23. The van der Waals surface area contributed by atoms with Gasteiger partial charge in [0.2, 0.25) is 0 Å². The number of furan rings is 1. The van der Waals surface area contributed by atoms with Crippen molar-refractivity contribution in [2.75, 3.05) is 13.1 Å². The summed E-state index contributed by atoms with van der Waals surface area (Å²) in [5, 5.41) is 3.27. The van der Waals surface area contributed by atoms with Crippen molar-refractivity contribution >= 4 is 0 Å². The highest BCUT2D eigenvalue weighted by Gasteiger charge is 2.06. The molecule has 1 atom stereocenters. The van der Waals surface area contributed by atoms with E-state index in [1.165, 1.54) is 0 Å². The Morgan fingerprint density at radius 3 is 2.93 bits per heavy atom. The molecule has 80 valence electrons. The van der Waals surface area contributed by atoms with E-state index in [9.17, 15) is 0 Å². The van der Waals surface area contributed by atoms with Crippen LogP contribution in [0.1, 0.15) is 26.0 Å². The molecule has 0 saturated heterocycles. The SMILES string of the molecule is CCNCC(CC)OCc1ccco1. The molecule has 1 heterocycles.